The summed E-state index contributed by atoms with van der Waals surface area (Å²) in [6, 6.07) is 10.9. The van der Waals surface area contributed by atoms with Gasteiger partial charge in [-0.3, -0.25) is 9.11 Å². The number of allylic oxidation sites excluding steroid dienone is 10. The van der Waals surface area contributed by atoms with Crippen molar-refractivity contribution in [2.45, 2.75) is 76.5 Å². The van der Waals surface area contributed by atoms with Crippen molar-refractivity contribution in [1.82, 2.24) is 4.90 Å². The average Bonchev–Trinajstić information content (AvgIpc) is 3.75. The number of nitrogens with zero attached hydrogens (tertiary/aromatic N) is 3. The van der Waals surface area contributed by atoms with E-state index < -0.39 is 52.9 Å². The van der Waals surface area contributed by atoms with E-state index in [-0.39, 0.29) is 58.6 Å². The van der Waals surface area contributed by atoms with Gasteiger partial charge in [-0.15, -0.1) is 0 Å². The third-order valence-corrected chi connectivity index (χ3v) is 14.1. The zero-order valence-corrected chi connectivity index (χ0v) is 37.3. The Hall–Kier alpha value is -3.49. The molecule has 0 unspecified atom stereocenters. The molecule has 0 fully saturated rings. The van der Waals surface area contributed by atoms with Gasteiger partial charge in [0.1, 0.15) is 22.5 Å². The van der Waals surface area contributed by atoms with Crippen LogP contribution in [-0.4, -0.2) is 125 Å². The summed E-state index contributed by atoms with van der Waals surface area (Å²) >= 11 is 6.55. The fourth-order valence-corrected chi connectivity index (χ4v) is 10.1. The minimum absolute atomic E-state index is 0. The number of aliphatic imine (C=N–C) groups is 1. The number of benzene rings is 2. The molecule has 62 heavy (non-hydrogen) atoms. The zero-order valence-electron chi connectivity index (χ0n) is 34.1. The number of unbranched alkanes of at least 4 members (excludes halogenated alkanes) is 2. The van der Waals surface area contributed by atoms with Crippen LogP contribution in [0.15, 0.2) is 116 Å². The number of halogens is 1. The first kappa shape index (κ1) is 49.5. The second-order valence-corrected chi connectivity index (χ2v) is 21.4. The van der Waals surface area contributed by atoms with Crippen LogP contribution in [0.1, 0.15) is 87.7 Å². The van der Waals surface area contributed by atoms with Crippen molar-refractivity contribution in [2.24, 2.45) is 10.4 Å². The Morgan fingerprint density at radius 2 is 1.58 bits per heavy atom. The van der Waals surface area contributed by atoms with Crippen molar-refractivity contribution in [2.75, 3.05) is 24.6 Å². The molecule has 0 spiro atoms. The molecule has 4 aliphatic rings. The molecule has 3 aliphatic heterocycles. The summed E-state index contributed by atoms with van der Waals surface area (Å²) in [5.74, 6) is -1.16. The molecule has 1 aliphatic carbocycles. The summed E-state index contributed by atoms with van der Waals surface area (Å²) in [5, 5.41) is 10.4. The molecule has 2 aromatic rings. The first-order valence-corrected chi connectivity index (χ1v) is 24.6. The molecule has 6 rings (SSSR count). The summed E-state index contributed by atoms with van der Waals surface area (Å²) in [4.78, 5) is 18.7. The molecule has 0 atom stereocenters. The van der Waals surface area contributed by atoms with Gasteiger partial charge in [0, 0.05) is 47.9 Å². The normalized spacial score (nSPS) is 19.8. The van der Waals surface area contributed by atoms with E-state index >= 15 is 0 Å². The van der Waals surface area contributed by atoms with Gasteiger partial charge < -0.3 is 14.6 Å². The summed E-state index contributed by atoms with van der Waals surface area (Å²) in [7, 11) is -13.0. The predicted molar refractivity (Wildman–Crippen MR) is 240 cm³/mol. The van der Waals surface area contributed by atoms with Crippen LogP contribution in [0.5, 0.6) is 0 Å². The molecule has 0 saturated carbocycles. The number of carboxylic acids is 1. The molecule has 2 aromatic carbocycles. The molecule has 0 saturated heterocycles. The van der Waals surface area contributed by atoms with Crippen LogP contribution in [0.3, 0.4) is 0 Å². The van der Waals surface area contributed by atoms with Crippen LogP contribution >= 0.6 is 11.6 Å². The Morgan fingerprint density at radius 1 is 0.903 bits per heavy atom. The number of fused-ring (bicyclic) bond motifs is 2. The Balaban J connectivity index is 0.00000726. The molecular formula is C43H49ClN3NaO11S3. The van der Waals surface area contributed by atoms with E-state index in [1.165, 1.54) is 18.2 Å². The second-order valence-electron chi connectivity index (χ2n) is 16.5. The fraction of sp³-hybridized carbons (Fsp3) is 0.372. The summed E-state index contributed by atoms with van der Waals surface area (Å²) in [5.41, 5.74) is 5.75. The zero-order chi connectivity index (χ0) is 44.7. The molecule has 19 heteroatoms. The number of hydrogen-bond donors (Lipinski definition) is 3. The molecule has 0 bridgehead atoms. The van der Waals surface area contributed by atoms with E-state index in [0.717, 1.165) is 33.7 Å². The van der Waals surface area contributed by atoms with Gasteiger partial charge in [0.2, 0.25) is 5.69 Å². The first-order valence-electron chi connectivity index (χ1n) is 19.6. The summed E-state index contributed by atoms with van der Waals surface area (Å²) in [6.45, 7) is 8.64. The molecule has 3 heterocycles. The quantitative estimate of drug-likeness (QED) is 0.0691. The summed E-state index contributed by atoms with van der Waals surface area (Å²) < 4.78 is 102. The van der Waals surface area contributed by atoms with E-state index in [1.54, 1.807) is 24.4 Å². The topological polar surface area (TPSA) is 222 Å². The number of rotatable bonds is 16. The Kier molecular flexibility index (Phi) is 15.1. The van der Waals surface area contributed by atoms with Gasteiger partial charge in [-0.2, -0.15) is 21.4 Å². The molecule has 0 aromatic heterocycles. The van der Waals surface area contributed by atoms with Crippen LogP contribution < -0.4 is 0 Å². The minimum atomic E-state index is -4.76. The van der Waals surface area contributed by atoms with E-state index in [4.69, 9.17) is 16.6 Å². The van der Waals surface area contributed by atoms with Crippen molar-refractivity contribution in [1.29, 1.82) is 0 Å². The van der Waals surface area contributed by atoms with Gasteiger partial charge in [-0.1, -0.05) is 49.7 Å². The third kappa shape index (κ3) is 11.2. The summed E-state index contributed by atoms with van der Waals surface area (Å²) in [6.07, 6.45) is 13.9. The van der Waals surface area contributed by atoms with Gasteiger partial charge in [-0.05, 0) is 105 Å². The number of carboxylic acid groups (broad SMARTS) is 1. The van der Waals surface area contributed by atoms with Crippen molar-refractivity contribution in [3.05, 3.63) is 123 Å². The van der Waals surface area contributed by atoms with E-state index in [1.807, 2.05) is 73.6 Å². The Morgan fingerprint density at radius 3 is 2.23 bits per heavy atom. The maximum atomic E-state index is 12.1. The van der Waals surface area contributed by atoms with Crippen molar-refractivity contribution >= 4 is 100 Å². The Labute approximate surface area is 390 Å². The molecule has 0 radical (unpaired) electrons. The van der Waals surface area contributed by atoms with Gasteiger partial charge in [0.25, 0.3) is 20.2 Å². The average molecular weight is 939 g/mol. The molecule has 328 valence electrons. The SMILES string of the molecule is CC1(C)C(=CC=C2CCC(C=CC3=[N+](CCCCS(=O)(=O)O)c4ccc(S(=O)(=O)[O-])cc4C3(C)C)=C2c2cccc(C(=O)O)c2)N=C2C1=CC(Cl)=CN2CCCCS(=O)(=O)O.[NaH]. The van der Waals surface area contributed by atoms with E-state index in [0.29, 0.717) is 66.5 Å². The monoisotopic (exact) mass is 937 g/mol. The van der Waals surface area contributed by atoms with Crippen LogP contribution in [0.2, 0.25) is 0 Å². The fourth-order valence-electron chi connectivity index (χ4n) is 8.27. The van der Waals surface area contributed by atoms with E-state index in [9.17, 15) is 48.8 Å². The second kappa shape index (κ2) is 18.9. The van der Waals surface area contributed by atoms with Crippen LogP contribution in [0, 0.1) is 5.41 Å². The standard InChI is InChI=1S/C43H48ClN3O11S3.Na.H/c1-42(2)35-25-32(44)27-46(20-5-7-22-59(50,51)52)40(35)45-37(42)18-14-28-12-13-29(39(28)30-10-9-11-31(24-30)41(48)49)15-19-38-43(3,4)34-26-33(61(56,57)58)16-17-36(34)47(38)21-6-8-23-60(53,54)55;;/h9-11,14-19,24-27H,5-8,12-13,20-23H2,1-4H3,(H3-,48,49,50,51,52,53,54,55,56,57,58);;. The number of amidine groups is 1. The molecule has 0 amide bonds. The van der Waals surface area contributed by atoms with Crippen molar-refractivity contribution in [3.63, 3.8) is 0 Å². The van der Waals surface area contributed by atoms with Crippen LogP contribution in [0.25, 0.3) is 5.57 Å². The van der Waals surface area contributed by atoms with Gasteiger partial charge in [0.05, 0.1) is 38.1 Å². The molecule has 3 N–H and O–H groups in total. The van der Waals surface area contributed by atoms with Crippen LogP contribution in [0.4, 0.5) is 5.69 Å². The van der Waals surface area contributed by atoms with Crippen molar-refractivity contribution < 1.29 is 53.4 Å². The number of carbonyl (C=O) groups is 1. The van der Waals surface area contributed by atoms with Gasteiger partial charge in [-0.25, -0.2) is 18.2 Å². The van der Waals surface area contributed by atoms with Crippen molar-refractivity contribution in [3.8, 4) is 0 Å². The molecular weight excluding hydrogens is 889 g/mol. The molecule has 14 nitrogen and oxygen atoms in total. The van der Waals surface area contributed by atoms with E-state index in [2.05, 4.69) is 0 Å². The Bertz CT molecular complexity index is 2780. The number of aromatic carboxylic acids is 1. The maximum absolute atomic E-state index is 12.1. The van der Waals surface area contributed by atoms with Crippen LogP contribution in [-0.2, 0) is 35.8 Å². The van der Waals surface area contributed by atoms with Gasteiger partial charge in [0.15, 0.2) is 5.71 Å². The van der Waals surface area contributed by atoms with Gasteiger partial charge >= 0.3 is 35.5 Å². The predicted octanol–water partition coefficient (Wildman–Crippen LogP) is 6.73. The first-order chi connectivity index (χ1) is 28.4. The third-order valence-electron chi connectivity index (χ3n) is 11.4. The number of hydrogen-bond acceptors (Lipinski definition) is 10.